The number of terminal acetylenes is 1. The van der Waals surface area contributed by atoms with Gasteiger partial charge < -0.3 is 4.57 Å². The lowest BCUT2D eigenvalue weighted by molar-refractivity contribution is -0.118. The Morgan fingerprint density at radius 1 is 1.03 bits per heavy atom. The zero-order valence-electron chi connectivity index (χ0n) is 15.5. The van der Waals surface area contributed by atoms with Crippen molar-refractivity contribution in [3.8, 4) is 12.3 Å². The average Bonchev–Trinajstić information content (AvgIpc) is 3.06. The number of hydrogen-bond acceptors (Lipinski definition) is 2. The van der Waals surface area contributed by atoms with Crippen molar-refractivity contribution in [1.82, 2.24) is 4.57 Å². The van der Waals surface area contributed by atoms with E-state index in [1.165, 1.54) is 11.3 Å². The second-order valence-corrected chi connectivity index (χ2v) is 7.94. The van der Waals surface area contributed by atoms with E-state index < -0.39 is 5.92 Å². The molecule has 0 aliphatic carbocycles. The second kappa shape index (κ2) is 8.48. The van der Waals surface area contributed by atoms with Crippen molar-refractivity contribution in [1.29, 1.82) is 0 Å². The highest BCUT2D eigenvalue weighted by molar-refractivity contribution is 7.16. The molecule has 4 aromatic rings. The SMILES string of the molecule is C#CCn1c(=NC(=O)C(c2ccccc2)c2ccccc2)sc2cc(Cl)ccc21. The standard InChI is InChI=1S/C24H17ClN2OS/c1-2-15-27-20-14-13-19(25)16-21(20)29-24(27)26-23(28)22(17-9-5-3-6-10-17)18-11-7-4-8-12-18/h1,3-14,16,22H,15H2. The van der Waals surface area contributed by atoms with Crippen LogP contribution in [0.2, 0.25) is 5.02 Å². The van der Waals surface area contributed by atoms with Crippen LogP contribution in [0.1, 0.15) is 17.0 Å². The first-order valence-electron chi connectivity index (χ1n) is 9.08. The van der Waals surface area contributed by atoms with Gasteiger partial charge in [0.25, 0.3) is 5.91 Å². The van der Waals surface area contributed by atoms with Gasteiger partial charge in [-0.25, -0.2) is 0 Å². The van der Waals surface area contributed by atoms with Crippen molar-refractivity contribution in [3.05, 3.63) is 99.8 Å². The molecule has 0 bridgehead atoms. The van der Waals surface area contributed by atoms with Gasteiger partial charge in [0.2, 0.25) is 0 Å². The molecule has 1 aromatic heterocycles. The largest absolute Gasteiger partial charge is 0.305 e. The molecule has 0 aliphatic rings. The molecule has 1 amide bonds. The number of benzene rings is 3. The maximum atomic E-state index is 13.4. The first-order valence-corrected chi connectivity index (χ1v) is 10.3. The molecule has 0 aliphatic heterocycles. The number of fused-ring (bicyclic) bond motifs is 1. The second-order valence-electron chi connectivity index (χ2n) is 6.49. The fourth-order valence-corrected chi connectivity index (χ4v) is 4.61. The van der Waals surface area contributed by atoms with Crippen LogP contribution in [-0.2, 0) is 11.3 Å². The fourth-order valence-electron chi connectivity index (χ4n) is 3.30. The molecule has 29 heavy (non-hydrogen) atoms. The van der Waals surface area contributed by atoms with Crippen LogP contribution in [0, 0.1) is 12.3 Å². The number of rotatable bonds is 4. The number of aromatic nitrogens is 1. The van der Waals surface area contributed by atoms with Crippen LogP contribution in [0.3, 0.4) is 0 Å². The predicted octanol–water partition coefficient (Wildman–Crippen LogP) is 5.25. The summed E-state index contributed by atoms with van der Waals surface area (Å²) in [6, 6.07) is 25.0. The Morgan fingerprint density at radius 2 is 1.66 bits per heavy atom. The number of hydrogen-bond donors (Lipinski definition) is 0. The van der Waals surface area contributed by atoms with E-state index in [1.807, 2.05) is 83.4 Å². The highest BCUT2D eigenvalue weighted by Crippen LogP contribution is 2.26. The topological polar surface area (TPSA) is 34.4 Å². The molecular weight excluding hydrogens is 400 g/mol. The number of carbonyl (C=O) groups excluding carboxylic acids is 1. The van der Waals surface area contributed by atoms with Gasteiger partial charge in [-0.3, -0.25) is 4.79 Å². The molecule has 3 nitrogen and oxygen atoms in total. The minimum Gasteiger partial charge on any atom is -0.305 e. The summed E-state index contributed by atoms with van der Waals surface area (Å²) >= 11 is 7.54. The third-order valence-corrected chi connectivity index (χ3v) is 5.89. The zero-order valence-corrected chi connectivity index (χ0v) is 17.0. The van der Waals surface area contributed by atoms with Gasteiger partial charge in [-0.1, -0.05) is 89.5 Å². The van der Waals surface area contributed by atoms with Gasteiger partial charge in [-0.2, -0.15) is 4.99 Å². The number of thiazole rings is 1. The fraction of sp³-hybridized carbons (Fsp3) is 0.0833. The first kappa shape index (κ1) is 19.2. The molecule has 0 N–H and O–H groups in total. The zero-order chi connectivity index (χ0) is 20.2. The normalized spacial score (nSPS) is 11.7. The van der Waals surface area contributed by atoms with Gasteiger partial charge in [-0.15, -0.1) is 6.42 Å². The third-order valence-electron chi connectivity index (χ3n) is 4.61. The van der Waals surface area contributed by atoms with Crippen molar-refractivity contribution in [2.45, 2.75) is 12.5 Å². The van der Waals surface area contributed by atoms with E-state index in [-0.39, 0.29) is 5.91 Å². The lowest BCUT2D eigenvalue weighted by Crippen LogP contribution is -2.20. The van der Waals surface area contributed by atoms with Crippen LogP contribution in [0.25, 0.3) is 10.2 Å². The van der Waals surface area contributed by atoms with Gasteiger partial charge in [0.1, 0.15) is 0 Å². The molecule has 3 aromatic carbocycles. The van der Waals surface area contributed by atoms with Gasteiger partial charge >= 0.3 is 0 Å². The maximum absolute atomic E-state index is 13.4. The Bertz CT molecular complexity index is 1230. The Balaban J connectivity index is 1.87. The molecule has 0 atom stereocenters. The summed E-state index contributed by atoms with van der Waals surface area (Å²) < 4.78 is 2.82. The quantitative estimate of drug-likeness (QED) is 0.418. The minimum atomic E-state index is -0.481. The van der Waals surface area contributed by atoms with Crippen molar-refractivity contribution in [3.63, 3.8) is 0 Å². The summed E-state index contributed by atoms with van der Waals surface area (Å²) in [4.78, 5) is 18.4. The van der Waals surface area contributed by atoms with E-state index in [4.69, 9.17) is 18.0 Å². The van der Waals surface area contributed by atoms with Crippen molar-refractivity contribution >= 4 is 39.1 Å². The molecular formula is C24H17ClN2OS. The van der Waals surface area contributed by atoms with Crippen LogP contribution in [0.15, 0.2) is 83.9 Å². The van der Waals surface area contributed by atoms with Gasteiger partial charge in [0.15, 0.2) is 4.80 Å². The van der Waals surface area contributed by atoms with E-state index >= 15 is 0 Å². The molecule has 0 radical (unpaired) electrons. The van der Waals surface area contributed by atoms with Gasteiger partial charge in [0, 0.05) is 5.02 Å². The summed E-state index contributed by atoms with van der Waals surface area (Å²) in [6.45, 7) is 0.328. The third kappa shape index (κ3) is 4.02. The summed E-state index contributed by atoms with van der Waals surface area (Å²) in [6.07, 6.45) is 5.56. The predicted molar refractivity (Wildman–Crippen MR) is 119 cm³/mol. The highest BCUT2D eigenvalue weighted by Gasteiger charge is 2.22. The van der Waals surface area contributed by atoms with E-state index in [0.717, 1.165) is 21.3 Å². The molecule has 0 fully saturated rings. The number of amides is 1. The molecule has 0 unspecified atom stereocenters. The highest BCUT2D eigenvalue weighted by atomic mass is 35.5. The summed E-state index contributed by atoms with van der Waals surface area (Å²) in [5.74, 6) is 1.94. The number of carbonyl (C=O) groups is 1. The number of nitrogens with zero attached hydrogens (tertiary/aromatic N) is 2. The number of halogens is 1. The molecule has 0 spiro atoms. The summed E-state index contributed by atoms with van der Waals surface area (Å²) in [7, 11) is 0. The van der Waals surface area contributed by atoms with Crippen LogP contribution >= 0.6 is 22.9 Å². The van der Waals surface area contributed by atoms with Crippen LogP contribution in [-0.4, -0.2) is 10.5 Å². The Labute approximate surface area is 177 Å². The lowest BCUT2D eigenvalue weighted by Gasteiger charge is -2.14. The molecule has 5 heteroatoms. The van der Waals surface area contributed by atoms with Gasteiger partial charge in [0.05, 0.1) is 22.7 Å². The molecule has 0 saturated heterocycles. The monoisotopic (exact) mass is 416 g/mol. The summed E-state index contributed by atoms with van der Waals surface area (Å²) in [5.41, 5.74) is 2.72. The van der Waals surface area contributed by atoms with Crippen molar-refractivity contribution in [2.24, 2.45) is 4.99 Å². The van der Waals surface area contributed by atoms with Crippen molar-refractivity contribution in [2.75, 3.05) is 0 Å². The first-order chi connectivity index (χ1) is 14.2. The van der Waals surface area contributed by atoms with Crippen LogP contribution in [0.5, 0.6) is 0 Å². The minimum absolute atomic E-state index is 0.231. The van der Waals surface area contributed by atoms with E-state index in [2.05, 4.69) is 10.9 Å². The van der Waals surface area contributed by atoms with Crippen LogP contribution in [0.4, 0.5) is 0 Å². The van der Waals surface area contributed by atoms with Crippen LogP contribution < -0.4 is 4.80 Å². The lowest BCUT2D eigenvalue weighted by atomic mass is 9.91. The van der Waals surface area contributed by atoms with Crippen molar-refractivity contribution < 1.29 is 4.79 Å². The molecule has 0 saturated carbocycles. The van der Waals surface area contributed by atoms with E-state index in [0.29, 0.717) is 16.4 Å². The maximum Gasteiger partial charge on any atom is 0.260 e. The molecule has 4 rings (SSSR count). The summed E-state index contributed by atoms with van der Waals surface area (Å²) in [5, 5.41) is 0.635. The van der Waals surface area contributed by atoms with E-state index in [9.17, 15) is 4.79 Å². The molecule has 1 heterocycles. The Morgan fingerprint density at radius 3 is 2.24 bits per heavy atom. The Hall–Kier alpha value is -3.13. The average molecular weight is 417 g/mol. The molecule has 142 valence electrons. The smallest absolute Gasteiger partial charge is 0.260 e. The van der Waals surface area contributed by atoms with E-state index in [1.54, 1.807) is 0 Å². The van der Waals surface area contributed by atoms with Gasteiger partial charge in [-0.05, 0) is 29.3 Å². The Kier molecular flexibility index (Phi) is 5.62.